The molecule has 0 amide bonds. The molecule has 0 saturated heterocycles. The fourth-order valence-electron chi connectivity index (χ4n) is 1.40. The van der Waals surface area contributed by atoms with E-state index in [1.807, 2.05) is 30.3 Å². The summed E-state index contributed by atoms with van der Waals surface area (Å²) in [5, 5.41) is 8.68. The second-order valence-corrected chi connectivity index (χ2v) is 3.42. The van der Waals surface area contributed by atoms with Crippen molar-refractivity contribution in [1.29, 1.82) is 0 Å². The van der Waals surface area contributed by atoms with E-state index < -0.39 is 0 Å². The maximum absolute atomic E-state index is 5.54. The van der Waals surface area contributed by atoms with Gasteiger partial charge in [-0.05, 0) is 12.1 Å². The number of rotatable bonds is 1. The van der Waals surface area contributed by atoms with E-state index in [1.54, 1.807) is 0 Å². The van der Waals surface area contributed by atoms with Gasteiger partial charge >= 0.3 is 0 Å². The third-order valence-electron chi connectivity index (χ3n) is 2.05. The minimum atomic E-state index is 0.227. The van der Waals surface area contributed by atoms with E-state index in [0.717, 1.165) is 11.0 Å². The topological polar surface area (TPSA) is 52.1 Å². The maximum atomic E-state index is 5.54. The van der Waals surface area contributed by atoms with Gasteiger partial charge in [0.15, 0.2) is 5.76 Å². The quantitative estimate of drug-likeness (QED) is 0.638. The summed E-state index contributed by atoms with van der Waals surface area (Å²) in [4.78, 5) is 0. The van der Waals surface area contributed by atoms with Crippen molar-refractivity contribution >= 4 is 23.6 Å². The van der Waals surface area contributed by atoms with Crippen molar-refractivity contribution in [1.82, 2.24) is 10.2 Å². The zero-order valence-electron chi connectivity index (χ0n) is 7.54. The van der Waals surface area contributed by atoms with E-state index in [-0.39, 0.29) is 5.22 Å². The Hall–Kier alpha value is -1.75. The van der Waals surface area contributed by atoms with Crippen LogP contribution >= 0.6 is 12.6 Å². The van der Waals surface area contributed by atoms with Crippen LogP contribution in [0, 0.1) is 0 Å². The fraction of sp³-hybridized carbons (Fsp3) is 0. The van der Waals surface area contributed by atoms with Crippen molar-refractivity contribution in [3.8, 4) is 11.7 Å². The maximum Gasteiger partial charge on any atom is 0.284 e. The first-order chi connectivity index (χ1) is 7.33. The summed E-state index contributed by atoms with van der Waals surface area (Å²) < 4.78 is 10.7. The number of thiol groups is 1. The van der Waals surface area contributed by atoms with E-state index >= 15 is 0 Å². The lowest BCUT2D eigenvalue weighted by Gasteiger charge is -1.84. The second-order valence-electron chi connectivity index (χ2n) is 3.04. The van der Waals surface area contributed by atoms with Crippen molar-refractivity contribution in [2.45, 2.75) is 5.22 Å². The van der Waals surface area contributed by atoms with Gasteiger partial charge in [0.25, 0.3) is 11.1 Å². The number of benzene rings is 1. The summed E-state index contributed by atoms with van der Waals surface area (Å²) >= 11 is 3.94. The molecule has 0 spiro atoms. The predicted octanol–water partition coefficient (Wildman–Crippen LogP) is 2.77. The van der Waals surface area contributed by atoms with Crippen LogP contribution in [0.2, 0.25) is 0 Å². The molecule has 0 atom stereocenters. The number of hydrogen-bond acceptors (Lipinski definition) is 5. The summed E-state index contributed by atoms with van der Waals surface area (Å²) in [6.07, 6.45) is 0. The van der Waals surface area contributed by atoms with Gasteiger partial charge in [-0.3, -0.25) is 0 Å². The Kier molecular flexibility index (Phi) is 1.78. The van der Waals surface area contributed by atoms with Crippen LogP contribution in [0.15, 0.2) is 44.4 Å². The van der Waals surface area contributed by atoms with Crippen LogP contribution in [0.4, 0.5) is 0 Å². The van der Waals surface area contributed by atoms with Crippen LogP contribution in [0.3, 0.4) is 0 Å². The molecule has 0 saturated carbocycles. The summed E-state index contributed by atoms with van der Waals surface area (Å²) in [5.41, 5.74) is 0.798. The van der Waals surface area contributed by atoms with Gasteiger partial charge in [-0.1, -0.05) is 30.8 Å². The van der Waals surface area contributed by atoms with E-state index in [4.69, 9.17) is 8.83 Å². The molecule has 2 heterocycles. The largest absolute Gasteiger partial charge is 0.451 e. The van der Waals surface area contributed by atoms with E-state index in [2.05, 4.69) is 22.8 Å². The lowest BCUT2D eigenvalue weighted by atomic mass is 10.2. The monoisotopic (exact) mass is 218 g/mol. The van der Waals surface area contributed by atoms with E-state index in [1.165, 1.54) is 0 Å². The number of nitrogens with zero attached hydrogens (tertiary/aromatic N) is 2. The van der Waals surface area contributed by atoms with Crippen molar-refractivity contribution in [2.75, 3.05) is 0 Å². The molecule has 3 rings (SSSR count). The Labute approximate surface area is 90.3 Å². The zero-order valence-corrected chi connectivity index (χ0v) is 8.44. The number of para-hydroxylation sites is 1. The van der Waals surface area contributed by atoms with Crippen molar-refractivity contribution < 1.29 is 8.83 Å². The molecule has 0 unspecified atom stereocenters. The fourth-order valence-corrected chi connectivity index (χ4v) is 1.53. The van der Waals surface area contributed by atoms with Crippen molar-refractivity contribution in [3.63, 3.8) is 0 Å². The number of fused-ring (bicyclic) bond motifs is 1. The van der Waals surface area contributed by atoms with E-state index in [9.17, 15) is 0 Å². The Bertz CT molecular complexity index is 581. The van der Waals surface area contributed by atoms with Crippen LogP contribution in [0.5, 0.6) is 0 Å². The highest BCUT2D eigenvalue weighted by Crippen LogP contribution is 2.26. The van der Waals surface area contributed by atoms with Crippen LogP contribution in [0.25, 0.3) is 22.6 Å². The minimum Gasteiger partial charge on any atom is -0.451 e. The first-order valence-electron chi connectivity index (χ1n) is 4.34. The average Bonchev–Trinajstić information content (AvgIpc) is 2.82. The molecule has 0 aliphatic rings. The summed E-state index contributed by atoms with van der Waals surface area (Å²) in [7, 11) is 0. The van der Waals surface area contributed by atoms with Gasteiger partial charge in [-0.2, -0.15) is 0 Å². The molecule has 74 valence electrons. The highest BCUT2D eigenvalue weighted by Gasteiger charge is 2.11. The van der Waals surface area contributed by atoms with Crippen LogP contribution in [-0.2, 0) is 0 Å². The molecule has 0 aliphatic heterocycles. The summed E-state index contributed by atoms with van der Waals surface area (Å²) in [6, 6.07) is 9.56. The normalized spacial score (nSPS) is 11.0. The van der Waals surface area contributed by atoms with E-state index in [0.29, 0.717) is 11.7 Å². The smallest absolute Gasteiger partial charge is 0.284 e. The van der Waals surface area contributed by atoms with Gasteiger partial charge in [-0.15, -0.1) is 10.2 Å². The number of hydrogen-bond donors (Lipinski definition) is 1. The molecule has 0 aliphatic carbocycles. The second kappa shape index (κ2) is 3.13. The van der Waals surface area contributed by atoms with Gasteiger partial charge in [0.05, 0.1) is 0 Å². The number of aromatic nitrogens is 2. The molecular formula is C10H6N2O2S. The third-order valence-corrected chi connectivity index (χ3v) is 2.23. The molecule has 3 aromatic rings. The zero-order chi connectivity index (χ0) is 10.3. The molecule has 5 heteroatoms. The molecule has 0 radical (unpaired) electrons. The first-order valence-corrected chi connectivity index (χ1v) is 4.79. The summed E-state index contributed by atoms with van der Waals surface area (Å²) in [6.45, 7) is 0. The van der Waals surface area contributed by atoms with Crippen LogP contribution < -0.4 is 0 Å². The van der Waals surface area contributed by atoms with Gasteiger partial charge in [0, 0.05) is 5.39 Å². The van der Waals surface area contributed by atoms with Crippen molar-refractivity contribution in [3.05, 3.63) is 30.3 Å². The predicted molar refractivity (Wildman–Crippen MR) is 56.8 cm³/mol. The summed E-state index contributed by atoms with van der Waals surface area (Å²) in [5.74, 6) is 0.903. The Morgan fingerprint density at radius 1 is 1.07 bits per heavy atom. The average molecular weight is 218 g/mol. The number of furan rings is 1. The lowest BCUT2D eigenvalue weighted by molar-refractivity contribution is 0.453. The molecule has 2 aromatic heterocycles. The Morgan fingerprint density at radius 3 is 2.67 bits per heavy atom. The first kappa shape index (κ1) is 8.55. The van der Waals surface area contributed by atoms with Gasteiger partial charge < -0.3 is 8.83 Å². The lowest BCUT2D eigenvalue weighted by Crippen LogP contribution is -1.71. The third kappa shape index (κ3) is 1.41. The molecule has 4 nitrogen and oxygen atoms in total. The van der Waals surface area contributed by atoms with Gasteiger partial charge in [-0.25, -0.2) is 0 Å². The molecule has 15 heavy (non-hydrogen) atoms. The SMILES string of the molecule is Sc1nnc(-c2cc3ccccc3o2)o1. The molecule has 1 aromatic carbocycles. The van der Waals surface area contributed by atoms with Gasteiger partial charge in [0.2, 0.25) is 0 Å². The molecule has 0 fully saturated rings. The Balaban J connectivity index is 2.19. The molecular weight excluding hydrogens is 212 g/mol. The van der Waals surface area contributed by atoms with Gasteiger partial charge in [0.1, 0.15) is 5.58 Å². The minimum absolute atomic E-state index is 0.227. The Morgan fingerprint density at radius 2 is 1.93 bits per heavy atom. The highest BCUT2D eigenvalue weighted by atomic mass is 32.1. The van der Waals surface area contributed by atoms with Crippen molar-refractivity contribution in [2.24, 2.45) is 0 Å². The van der Waals surface area contributed by atoms with Crippen LogP contribution in [-0.4, -0.2) is 10.2 Å². The molecule has 0 bridgehead atoms. The molecule has 0 N–H and O–H groups in total. The van der Waals surface area contributed by atoms with Crippen LogP contribution in [0.1, 0.15) is 0 Å². The highest BCUT2D eigenvalue weighted by molar-refractivity contribution is 7.80. The standard InChI is InChI=1S/C10H6N2O2S/c15-10-12-11-9(14-10)8-5-6-3-1-2-4-7(6)13-8/h1-5H,(H,12,15).